The highest BCUT2D eigenvalue weighted by molar-refractivity contribution is 4.81. The van der Waals surface area contributed by atoms with Crippen LogP contribution in [-0.2, 0) is 0 Å². The third-order valence-electron chi connectivity index (χ3n) is 4.36. The molecule has 0 aromatic heterocycles. The molecule has 0 saturated carbocycles. The highest BCUT2D eigenvalue weighted by Crippen LogP contribution is 2.09. The van der Waals surface area contributed by atoms with E-state index in [2.05, 4.69) is 34.0 Å². The van der Waals surface area contributed by atoms with Gasteiger partial charge in [0.15, 0.2) is 0 Å². The van der Waals surface area contributed by atoms with Crippen molar-refractivity contribution in [3.05, 3.63) is 0 Å². The third kappa shape index (κ3) is 4.19. The first kappa shape index (κ1) is 14.3. The minimum Gasteiger partial charge on any atom is -0.315 e. The summed E-state index contributed by atoms with van der Waals surface area (Å²) in [6.45, 7) is 13.4. The molecule has 0 bridgehead atoms. The summed E-state index contributed by atoms with van der Waals surface area (Å²) in [7, 11) is 2.23. The summed E-state index contributed by atoms with van der Waals surface area (Å²) in [5.41, 5.74) is 0. The van der Waals surface area contributed by atoms with E-state index in [4.69, 9.17) is 0 Å². The van der Waals surface area contributed by atoms with Crippen LogP contribution in [0.2, 0.25) is 0 Å². The lowest BCUT2D eigenvalue weighted by atomic mass is 10.2. The van der Waals surface area contributed by atoms with Crippen LogP contribution in [0.15, 0.2) is 0 Å². The van der Waals surface area contributed by atoms with Gasteiger partial charge in [-0.3, -0.25) is 9.80 Å². The van der Waals surface area contributed by atoms with Crippen LogP contribution in [0.5, 0.6) is 0 Å². The second kappa shape index (κ2) is 7.43. The van der Waals surface area contributed by atoms with Crippen LogP contribution in [0.4, 0.5) is 0 Å². The minimum absolute atomic E-state index is 0.789. The van der Waals surface area contributed by atoms with Crippen LogP contribution in [0.1, 0.15) is 19.8 Å². The molecule has 106 valence electrons. The molecule has 2 rings (SSSR count). The van der Waals surface area contributed by atoms with Gasteiger partial charge < -0.3 is 10.2 Å². The van der Waals surface area contributed by atoms with Crippen molar-refractivity contribution in [1.82, 2.24) is 20.0 Å². The first-order valence-electron chi connectivity index (χ1n) is 7.65. The van der Waals surface area contributed by atoms with Gasteiger partial charge in [0.1, 0.15) is 0 Å². The van der Waals surface area contributed by atoms with Crippen molar-refractivity contribution in [1.29, 1.82) is 0 Å². The molecule has 4 heteroatoms. The van der Waals surface area contributed by atoms with E-state index in [1.165, 1.54) is 71.7 Å². The van der Waals surface area contributed by atoms with Crippen LogP contribution < -0.4 is 5.32 Å². The molecule has 2 heterocycles. The van der Waals surface area contributed by atoms with E-state index in [1.807, 2.05) is 0 Å². The molecular formula is C14H30N4. The summed E-state index contributed by atoms with van der Waals surface area (Å²) < 4.78 is 0. The molecular weight excluding hydrogens is 224 g/mol. The average Bonchev–Trinajstić information content (AvgIpc) is 2.90. The van der Waals surface area contributed by atoms with Gasteiger partial charge in [-0.05, 0) is 33.0 Å². The topological polar surface area (TPSA) is 21.8 Å². The lowest BCUT2D eigenvalue weighted by Crippen LogP contribution is -2.48. The molecule has 2 fully saturated rings. The average molecular weight is 254 g/mol. The maximum Gasteiger partial charge on any atom is 0.0233 e. The summed E-state index contributed by atoms with van der Waals surface area (Å²) in [6, 6.07) is 0.789. The molecule has 1 N–H and O–H groups in total. The van der Waals surface area contributed by atoms with Gasteiger partial charge in [-0.2, -0.15) is 0 Å². The Morgan fingerprint density at radius 3 is 2.56 bits per heavy atom. The molecule has 2 aliphatic heterocycles. The molecule has 0 spiro atoms. The van der Waals surface area contributed by atoms with E-state index in [1.54, 1.807) is 0 Å². The van der Waals surface area contributed by atoms with Gasteiger partial charge in [0.25, 0.3) is 0 Å². The molecule has 18 heavy (non-hydrogen) atoms. The zero-order chi connectivity index (χ0) is 12.8. The van der Waals surface area contributed by atoms with E-state index in [-0.39, 0.29) is 0 Å². The van der Waals surface area contributed by atoms with Crippen molar-refractivity contribution in [3.63, 3.8) is 0 Å². The monoisotopic (exact) mass is 254 g/mol. The smallest absolute Gasteiger partial charge is 0.0233 e. The van der Waals surface area contributed by atoms with E-state index in [9.17, 15) is 0 Å². The second-order valence-corrected chi connectivity index (χ2v) is 5.83. The van der Waals surface area contributed by atoms with E-state index < -0.39 is 0 Å². The molecule has 0 radical (unpaired) electrons. The summed E-state index contributed by atoms with van der Waals surface area (Å²) in [4.78, 5) is 7.77. The Labute approximate surface area is 112 Å². The Balaban J connectivity index is 1.71. The lowest BCUT2D eigenvalue weighted by molar-refractivity contribution is 0.122. The highest BCUT2D eigenvalue weighted by Gasteiger charge is 2.22. The lowest BCUT2D eigenvalue weighted by Gasteiger charge is -2.35. The fourth-order valence-electron chi connectivity index (χ4n) is 3.06. The van der Waals surface area contributed by atoms with Crippen LogP contribution in [0.3, 0.4) is 0 Å². The van der Waals surface area contributed by atoms with Gasteiger partial charge >= 0.3 is 0 Å². The largest absolute Gasteiger partial charge is 0.315 e. The molecule has 0 aromatic carbocycles. The highest BCUT2D eigenvalue weighted by atomic mass is 15.3. The predicted molar refractivity (Wildman–Crippen MR) is 77.1 cm³/mol. The number of piperazine rings is 1. The van der Waals surface area contributed by atoms with Crippen molar-refractivity contribution in [2.45, 2.75) is 25.8 Å². The summed E-state index contributed by atoms with van der Waals surface area (Å²) >= 11 is 0. The summed E-state index contributed by atoms with van der Waals surface area (Å²) in [6.07, 6.45) is 2.61. The summed E-state index contributed by atoms with van der Waals surface area (Å²) in [5, 5.41) is 3.49. The van der Waals surface area contributed by atoms with Gasteiger partial charge in [0.2, 0.25) is 0 Å². The van der Waals surface area contributed by atoms with Crippen molar-refractivity contribution < 1.29 is 0 Å². The fourth-order valence-corrected chi connectivity index (χ4v) is 3.06. The Hall–Kier alpha value is -0.160. The maximum absolute atomic E-state index is 3.49. The van der Waals surface area contributed by atoms with Crippen LogP contribution in [-0.4, -0.2) is 86.7 Å². The summed E-state index contributed by atoms with van der Waals surface area (Å²) in [5.74, 6) is 0. The fraction of sp³-hybridized carbons (Fsp3) is 1.00. The van der Waals surface area contributed by atoms with Crippen molar-refractivity contribution in [2.75, 3.05) is 66.0 Å². The molecule has 0 amide bonds. The Morgan fingerprint density at radius 2 is 1.94 bits per heavy atom. The van der Waals surface area contributed by atoms with Crippen molar-refractivity contribution >= 4 is 0 Å². The number of hydrogen-bond donors (Lipinski definition) is 1. The molecule has 1 unspecified atom stereocenters. The second-order valence-electron chi connectivity index (χ2n) is 5.83. The van der Waals surface area contributed by atoms with Gasteiger partial charge in [-0.15, -0.1) is 0 Å². The standard InChI is InChI=1S/C14H30N4/c1-3-6-18(14-4-5-15-13-14)12-11-17-9-7-16(2)8-10-17/h14-15H,3-13H2,1-2H3. The number of nitrogens with one attached hydrogen (secondary N) is 1. The first-order valence-corrected chi connectivity index (χ1v) is 7.65. The molecule has 0 aromatic rings. The zero-order valence-corrected chi connectivity index (χ0v) is 12.2. The van der Waals surface area contributed by atoms with E-state index >= 15 is 0 Å². The molecule has 2 saturated heterocycles. The van der Waals surface area contributed by atoms with Crippen LogP contribution in [0.25, 0.3) is 0 Å². The van der Waals surface area contributed by atoms with Gasteiger partial charge in [-0.1, -0.05) is 6.92 Å². The number of rotatable bonds is 6. The Bertz CT molecular complexity index is 220. The van der Waals surface area contributed by atoms with Crippen molar-refractivity contribution in [2.24, 2.45) is 0 Å². The van der Waals surface area contributed by atoms with Gasteiger partial charge in [0, 0.05) is 51.9 Å². The maximum atomic E-state index is 3.49. The first-order chi connectivity index (χ1) is 8.79. The van der Waals surface area contributed by atoms with Gasteiger partial charge in [0.05, 0.1) is 0 Å². The Kier molecular flexibility index (Phi) is 5.89. The third-order valence-corrected chi connectivity index (χ3v) is 4.36. The quantitative estimate of drug-likeness (QED) is 0.736. The molecule has 2 aliphatic rings. The number of likely N-dealkylation sites (N-methyl/N-ethyl adjacent to an activating group) is 1. The van der Waals surface area contributed by atoms with Crippen LogP contribution >= 0.6 is 0 Å². The van der Waals surface area contributed by atoms with Crippen LogP contribution in [0, 0.1) is 0 Å². The molecule has 0 aliphatic carbocycles. The Morgan fingerprint density at radius 1 is 1.17 bits per heavy atom. The minimum atomic E-state index is 0.789. The van der Waals surface area contributed by atoms with Gasteiger partial charge in [-0.25, -0.2) is 0 Å². The van der Waals surface area contributed by atoms with Crippen molar-refractivity contribution in [3.8, 4) is 0 Å². The predicted octanol–water partition coefficient (Wildman–Crippen LogP) is 0.308. The van der Waals surface area contributed by atoms with E-state index in [0.29, 0.717) is 0 Å². The normalized spacial score (nSPS) is 27.2. The SMILES string of the molecule is CCCN(CCN1CCN(C)CC1)C1CCNC1. The number of hydrogen-bond acceptors (Lipinski definition) is 4. The number of nitrogens with zero attached hydrogens (tertiary/aromatic N) is 3. The molecule has 4 nitrogen and oxygen atoms in total. The van der Waals surface area contributed by atoms with E-state index in [0.717, 1.165) is 6.04 Å². The zero-order valence-electron chi connectivity index (χ0n) is 12.2. The molecule has 1 atom stereocenters.